The minimum absolute atomic E-state index is 0.0976. The summed E-state index contributed by atoms with van der Waals surface area (Å²) in [5, 5.41) is 3.02. The first-order valence-corrected chi connectivity index (χ1v) is 10.7. The first-order valence-electron chi connectivity index (χ1n) is 10.7. The Kier molecular flexibility index (Phi) is 4.85. The van der Waals surface area contributed by atoms with Crippen LogP contribution in [0.2, 0.25) is 0 Å². The number of carbonyl (C=O) groups excluding carboxylic acids is 2. The zero-order valence-electron chi connectivity index (χ0n) is 18.1. The largest absolute Gasteiger partial charge is 0.496 e. The number of carbonyl (C=O) groups is 2. The summed E-state index contributed by atoms with van der Waals surface area (Å²) in [6.45, 7) is 2.43. The topological polar surface area (TPSA) is 67.9 Å². The van der Waals surface area contributed by atoms with E-state index in [1.165, 1.54) is 0 Å². The van der Waals surface area contributed by atoms with Crippen LogP contribution in [-0.4, -0.2) is 25.5 Å². The Morgan fingerprint density at radius 3 is 2.56 bits per heavy atom. The van der Waals surface area contributed by atoms with Gasteiger partial charge in [-0.25, -0.2) is 0 Å². The van der Waals surface area contributed by atoms with Crippen molar-refractivity contribution in [3.05, 3.63) is 77.9 Å². The average molecular weight is 428 g/mol. The molecule has 162 valence electrons. The molecule has 0 radical (unpaired) electrons. The molecule has 32 heavy (non-hydrogen) atoms. The van der Waals surface area contributed by atoms with E-state index in [0.29, 0.717) is 35.0 Å². The lowest BCUT2D eigenvalue weighted by atomic mass is 9.93. The lowest BCUT2D eigenvalue weighted by Gasteiger charge is -2.20. The van der Waals surface area contributed by atoms with Gasteiger partial charge in [0.05, 0.1) is 23.8 Å². The van der Waals surface area contributed by atoms with Gasteiger partial charge in [0.1, 0.15) is 11.5 Å². The van der Waals surface area contributed by atoms with Crippen LogP contribution in [-0.2, 0) is 10.2 Å². The van der Waals surface area contributed by atoms with Gasteiger partial charge in [-0.05, 0) is 56.2 Å². The van der Waals surface area contributed by atoms with E-state index in [0.717, 1.165) is 24.1 Å². The fourth-order valence-corrected chi connectivity index (χ4v) is 4.35. The van der Waals surface area contributed by atoms with E-state index in [-0.39, 0.29) is 11.8 Å². The molecule has 1 aliphatic heterocycles. The van der Waals surface area contributed by atoms with Crippen LogP contribution in [0.25, 0.3) is 0 Å². The van der Waals surface area contributed by atoms with Gasteiger partial charge in [-0.2, -0.15) is 0 Å². The number of anilines is 2. The highest BCUT2D eigenvalue weighted by molar-refractivity contribution is 6.11. The van der Waals surface area contributed by atoms with Gasteiger partial charge in [0.25, 0.3) is 5.91 Å². The van der Waals surface area contributed by atoms with E-state index in [1.54, 1.807) is 30.2 Å². The zero-order valence-corrected chi connectivity index (χ0v) is 18.1. The molecule has 0 bridgehead atoms. The number of fused-ring (bicyclic) bond motifs is 2. The molecule has 6 heteroatoms. The van der Waals surface area contributed by atoms with Crippen LogP contribution in [0, 0.1) is 0 Å². The second-order valence-corrected chi connectivity index (χ2v) is 8.07. The van der Waals surface area contributed by atoms with Crippen LogP contribution >= 0.6 is 0 Å². The number of benzene rings is 3. The summed E-state index contributed by atoms with van der Waals surface area (Å²) in [6, 6.07) is 20.3. The molecule has 2 aliphatic rings. The zero-order chi connectivity index (χ0) is 22.3. The fourth-order valence-electron chi connectivity index (χ4n) is 4.35. The lowest BCUT2D eigenvalue weighted by Crippen LogP contribution is -2.30. The van der Waals surface area contributed by atoms with Gasteiger partial charge < -0.3 is 19.7 Å². The molecule has 1 N–H and O–H groups in total. The molecule has 5 rings (SSSR count). The number of para-hydroxylation sites is 3. The van der Waals surface area contributed by atoms with Crippen molar-refractivity contribution in [1.29, 1.82) is 0 Å². The Morgan fingerprint density at radius 1 is 1.06 bits per heavy atom. The third kappa shape index (κ3) is 3.19. The molecule has 1 fully saturated rings. The van der Waals surface area contributed by atoms with Crippen molar-refractivity contribution in [3.63, 3.8) is 0 Å². The fraction of sp³-hybridized carbons (Fsp3) is 0.231. The summed E-state index contributed by atoms with van der Waals surface area (Å²) < 4.78 is 11.5. The number of amides is 2. The normalized spacial score (nSPS) is 15.7. The van der Waals surface area contributed by atoms with Crippen molar-refractivity contribution in [3.8, 4) is 17.2 Å². The van der Waals surface area contributed by atoms with Gasteiger partial charge >= 0.3 is 0 Å². The summed E-state index contributed by atoms with van der Waals surface area (Å²) in [5.41, 5.74) is 2.00. The number of rotatable bonds is 5. The van der Waals surface area contributed by atoms with Gasteiger partial charge in [-0.1, -0.05) is 30.3 Å². The molecule has 1 aliphatic carbocycles. The molecular formula is C26H24N2O4. The number of ether oxygens (including phenoxy) is 2. The number of hydrogen-bond acceptors (Lipinski definition) is 4. The van der Waals surface area contributed by atoms with Crippen LogP contribution in [0.1, 0.15) is 35.7 Å². The number of hydrogen-bond donors (Lipinski definition) is 1. The molecule has 0 aromatic heterocycles. The van der Waals surface area contributed by atoms with Gasteiger partial charge in [0, 0.05) is 17.8 Å². The predicted octanol–water partition coefficient (Wildman–Crippen LogP) is 5.14. The van der Waals surface area contributed by atoms with E-state index in [9.17, 15) is 9.59 Å². The first-order chi connectivity index (χ1) is 15.6. The third-order valence-corrected chi connectivity index (χ3v) is 6.21. The van der Waals surface area contributed by atoms with Crippen LogP contribution in [0.3, 0.4) is 0 Å². The predicted molar refractivity (Wildman–Crippen MR) is 123 cm³/mol. The summed E-state index contributed by atoms with van der Waals surface area (Å²) in [4.78, 5) is 28.3. The van der Waals surface area contributed by atoms with Crippen molar-refractivity contribution in [2.45, 2.75) is 25.2 Å². The highest BCUT2D eigenvalue weighted by Gasteiger charge is 2.52. The standard InChI is InChI=1S/C26H24N2O4/c1-3-28-20-9-5-7-11-23(20)32-21-13-12-17(16-18(21)24(28)29)27-25(30)26(14-15-26)19-8-4-6-10-22(19)31-2/h4-13,16H,3,14-15H2,1-2H3,(H,27,30). The van der Waals surface area contributed by atoms with E-state index in [4.69, 9.17) is 9.47 Å². The Bertz CT molecular complexity index is 1220. The molecular weight excluding hydrogens is 404 g/mol. The average Bonchev–Trinajstić information content (AvgIpc) is 3.64. The molecule has 0 spiro atoms. The second-order valence-electron chi connectivity index (χ2n) is 8.07. The van der Waals surface area contributed by atoms with Crippen LogP contribution in [0.5, 0.6) is 17.2 Å². The molecule has 3 aromatic carbocycles. The van der Waals surface area contributed by atoms with E-state index < -0.39 is 5.41 Å². The Balaban J connectivity index is 1.46. The Labute approximate surface area is 186 Å². The quantitative estimate of drug-likeness (QED) is 0.611. The third-order valence-electron chi connectivity index (χ3n) is 6.21. The summed E-state index contributed by atoms with van der Waals surface area (Å²) in [5.74, 6) is 1.56. The maximum Gasteiger partial charge on any atom is 0.262 e. The van der Waals surface area contributed by atoms with Crippen molar-refractivity contribution in [1.82, 2.24) is 0 Å². The number of nitrogens with zero attached hydrogens (tertiary/aromatic N) is 1. The molecule has 0 atom stereocenters. The maximum absolute atomic E-state index is 13.3. The number of methoxy groups -OCH3 is 1. The molecule has 1 heterocycles. The summed E-state index contributed by atoms with van der Waals surface area (Å²) in [7, 11) is 1.61. The monoisotopic (exact) mass is 428 g/mol. The second kappa shape index (κ2) is 7.71. The van der Waals surface area contributed by atoms with Crippen molar-refractivity contribution < 1.29 is 19.1 Å². The first kappa shape index (κ1) is 20.1. The minimum atomic E-state index is -0.606. The molecule has 2 amide bonds. The van der Waals surface area contributed by atoms with Crippen molar-refractivity contribution >= 4 is 23.2 Å². The highest BCUT2D eigenvalue weighted by Crippen LogP contribution is 2.52. The van der Waals surface area contributed by atoms with Crippen molar-refractivity contribution in [2.24, 2.45) is 0 Å². The smallest absolute Gasteiger partial charge is 0.262 e. The van der Waals surface area contributed by atoms with Gasteiger partial charge in [0.2, 0.25) is 5.91 Å². The van der Waals surface area contributed by atoms with Crippen LogP contribution in [0.15, 0.2) is 66.7 Å². The van der Waals surface area contributed by atoms with Crippen LogP contribution < -0.4 is 19.7 Å². The minimum Gasteiger partial charge on any atom is -0.496 e. The van der Waals surface area contributed by atoms with Crippen LogP contribution in [0.4, 0.5) is 11.4 Å². The highest BCUT2D eigenvalue weighted by atomic mass is 16.5. The molecule has 0 saturated heterocycles. The summed E-state index contributed by atoms with van der Waals surface area (Å²) >= 11 is 0. The summed E-state index contributed by atoms with van der Waals surface area (Å²) in [6.07, 6.45) is 1.51. The maximum atomic E-state index is 13.3. The molecule has 1 saturated carbocycles. The van der Waals surface area contributed by atoms with Gasteiger partial charge in [-0.3, -0.25) is 9.59 Å². The van der Waals surface area contributed by atoms with Crippen molar-refractivity contribution in [2.75, 3.05) is 23.9 Å². The Hall–Kier alpha value is -3.80. The van der Waals surface area contributed by atoms with E-state index in [2.05, 4.69) is 5.32 Å². The molecule has 0 unspecified atom stereocenters. The van der Waals surface area contributed by atoms with E-state index in [1.807, 2.05) is 55.5 Å². The van der Waals surface area contributed by atoms with Gasteiger partial charge in [-0.15, -0.1) is 0 Å². The molecule has 3 aromatic rings. The lowest BCUT2D eigenvalue weighted by molar-refractivity contribution is -0.118. The van der Waals surface area contributed by atoms with Gasteiger partial charge in [0.15, 0.2) is 5.75 Å². The number of nitrogens with one attached hydrogen (secondary N) is 1. The SMILES string of the molecule is CCN1C(=O)c2cc(NC(=O)C3(c4ccccc4OC)CC3)ccc2Oc2ccccc21. The molecule has 6 nitrogen and oxygen atoms in total. The van der Waals surface area contributed by atoms with E-state index >= 15 is 0 Å². The Morgan fingerprint density at radius 2 is 1.81 bits per heavy atom.